The summed E-state index contributed by atoms with van der Waals surface area (Å²) in [7, 11) is 2.13. The zero-order chi connectivity index (χ0) is 16.8. The predicted molar refractivity (Wildman–Crippen MR) is 94.5 cm³/mol. The quantitative estimate of drug-likeness (QED) is 0.666. The van der Waals surface area contributed by atoms with E-state index in [2.05, 4.69) is 36.1 Å². The van der Waals surface area contributed by atoms with Gasteiger partial charge in [0.2, 0.25) is 5.89 Å². The van der Waals surface area contributed by atoms with E-state index in [4.69, 9.17) is 9.41 Å². The Balaban J connectivity index is 1.94. The standard InChI is InChI=1S/C18H32N4O/c1-6-19-18(20-11-17-21-14(3)15(4)23-17)22(5)12-16-9-7-13(2)8-10-16/h13,16H,6-12H2,1-5H3,(H,19,20). The molecule has 0 aromatic carbocycles. The Labute approximate surface area is 140 Å². The molecular weight excluding hydrogens is 288 g/mol. The minimum Gasteiger partial charge on any atom is -0.444 e. The van der Waals surface area contributed by atoms with Crippen LogP contribution in [0, 0.1) is 25.7 Å². The van der Waals surface area contributed by atoms with Crippen molar-refractivity contribution in [3.05, 3.63) is 17.3 Å². The molecule has 1 N–H and O–H groups in total. The average Bonchev–Trinajstić information content (AvgIpc) is 2.84. The van der Waals surface area contributed by atoms with Gasteiger partial charge in [0.15, 0.2) is 5.96 Å². The summed E-state index contributed by atoms with van der Waals surface area (Å²) in [6.07, 6.45) is 5.40. The van der Waals surface area contributed by atoms with Crippen molar-refractivity contribution in [1.29, 1.82) is 0 Å². The lowest BCUT2D eigenvalue weighted by atomic mass is 9.83. The van der Waals surface area contributed by atoms with Gasteiger partial charge in [-0.3, -0.25) is 0 Å². The summed E-state index contributed by atoms with van der Waals surface area (Å²) in [5, 5.41) is 3.38. The topological polar surface area (TPSA) is 53.7 Å². The zero-order valence-electron chi connectivity index (χ0n) is 15.4. The minimum atomic E-state index is 0.489. The number of nitrogens with one attached hydrogen (secondary N) is 1. The lowest BCUT2D eigenvalue weighted by Crippen LogP contribution is -2.41. The van der Waals surface area contributed by atoms with E-state index in [1.54, 1.807) is 0 Å². The first-order valence-electron chi connectivity index (χ1n) is 8.92. The van der Waals surface area contributed by atoms with E-state index >= 15 is 0 Å². The fourth-order valence-corrected chi connectivity index (χ4v) is 3.20. The first-order chi connectivity index (χ1) is 11.0. The van der Waals surface area contributed by atoms with Gasteiger partial charge in [-0.15, -0.1) is 0 Å². The van der Waals surface area contributed by atoms with Crippen LogP contribution in [-0.2, 0) is 6.54 Å². The fraction of sp³-hybridized carbons (Fsp3) is 0.778. The van der Waals surface area contributed by atoms with Crippen LogP contribution in [0.2, 0.25) is 0 Å². The van der Waals surface area contributed by atoms with Crippen molar-refractivity contribution in [3.63, 3.8) is 0 Å². The summed E-state index contributed by atoms with van der Waals surface area (Å²) in [6, 6.07) is 0. The molecule has 0 unspecified atom stereocenters. The van der Waals surface area contributed by atoms with Crippen molar-refractivity contribution >= 4 is 5.96 Å². The third-order valence-electron chi connectivity index (χ3n) is 4.80. The summed E-state index contributed by atoms with van der Waals surface area (Å²) in [4.78, 5) is 11.4. The number of rotatable bonds is 5. The van der Waals surface area contributed by atoms with E-state index in [-0.39, 0.29) is 0 Å². The van der Waals surface area contributed by atoms with Crippen LogP contribution in [0.5, 0.6) is 0 Å². The van der Waals surface area contributed by atoms with Crippen molar-refractivity contribution in [2.45, 2.75) is 59.9 Å². The highest BCUT2D eigenvalue weighted by molar-refractivity contribution is 5.79. The largest absolute Gasteiger partial charge is 0.444 e. The second-order valence-electron chi connectivity index (χ2n) is 6.93. The number of guanidine groups is 1. The third-order valence-corrected chi connectivity index (χ3v) is 4.80. The molecule has 1 aromatic heterocycles. The monoisotopic (exact) mass is 320 g/mol. The van der Waals surface area contributed by atoms with E-state index in [0.717, 1.165) is 42.3 Å². The number of hydrogen-bond donors (Lipinski definition) is 1. The summed E-state index contributed by atoms with van der Waals surface area (Å²) in [5.41, 5.74) is 0.949. The van der Waals surface area contributed by atoms with Gasteiger partial charge >= 0.3 is 0 Å². The van der Waals surface area contributed by atoms with E-state index in [1.807, 2.05) is 13.8 Å². The van der Waals surface area contributed by atoms with Crippen molar-refractivity contribution in [2.24, 2.45) is 16.8 Å². The maximum atomic E-state index is 5.62. The van der Waals surface area contributed by atoms with Gasteiger partial charge in [-0.05, 0) is 45.4 Å². The highest BCUT2D eigenvalue weighted by Gasteiger charge is 2.20. The number of hydrogen-bond acceptors (Lipinski definition) is 3. The van der Waals surface area contributed by atoms with Gasteiger partial charge in [-0.1, -0.05) is 19.8 Å². The van der Waals surface area contributed by atoms with Crippen molar-refractivity contribution < 1.29 is 4.42 Å². The van der Waals surface area contributed by atoms with E-state index in [0.29, 0.717) is 12.4 Å². The number of aryl methyl sites for hydroxylation is 2. The van der Waals surface area contributed by atoms with Gasteiger partial charge in [0.05, 0.1) is 5.69 Å². The molecule has 1 aliphatic rings. The molecule has 0 bridgehead atoms. The smallest absolute Gasteiger partial charge is 0.216 e. The summed E-state index contributed by atoms with van der Waals surface area (Å²) < 4.78 is 5.62. The van der Waals surface area contributed by atoms with Crippen LogP contribution < -0.4 is 5.32 Å². The molecule has 0 saturated heterocycles. The predicted octanol–water partition coefficient (Wildman–Crippen LogP) is 3.52. The molecule has 130 valence electrons. The molecule has 0 spiro atoms. The van der Waals surface area contributed by atoms with Crippen LogP contribution in [-0.4, -0.2) is 36.0 Å². The summed E-state index contributed by atoms with van der Waals surface area (Å²) in [5.74, 6) is 4.20. The molecule has 1 saturated carbocycles. The molecule has 5 heteroatoms. The Bertz CT molecular complexity index is 496. The van der Waals surface area contributed by atoms with Crippen molar-refractivity contribution in [2.75, 3.05) is 20.1 Å². The lowest BCUT2D eigenvalue weighted by molar-refractivity contribution is 0.250. The molecule has 0 radical (unpaired) electrons. The van der Waals surface area contributed by atoms with Gasteiger partial charge < -0.3 is 14.6 Å². The normalized spacial score (nSPS) is 22.2. The fourth-order valence-electron chi connectivity index (χ4n) is 3.20. The Morgan fingerprint density at radius 3 is 2.57 bits per heavy atom. The van der Waals surface area contributed by atoms with Crippen LogP contribution in [0.15, 0.2) is 9.41 Å². The summed E-state index contributed by atoms with van der Waals surface area (Å²) in [6.45, 7) is 10.8. The van der Waals surface area contributed by atoms with Crippen LogP contribution in [0.25, 0.3) is 0 Å². The van der Waals surface area contributed by atoms with Crippen molar-refractivity contribution in [3.8, 4) is 0 Å². The Morgan fingerprint density at radius 2 is 2.00 bits per heavy atom. The van der Waals surface area contributed by atoms with Gasteiger partial charge in [0.1, 0.15) is 12.3 Å². The molecule has 1 aromatic rings. The SMILES string of the molecule is CCNC(=NCc1nc(C)c(C)o1)N(C)CC1CCC(C)CC1. The molecule has 1 fully saturated rings. The van der Waals surface area contributed by atoms with Gasteiger partial charge in [-0.2, -0.15) is 0 Å². The molecular formula is C18H32N4O. The van der Waals surface area contributed by atoms with Crippen LogP contribution in [0.4, 0.5) is 0 Å². The second kappa shape index (κ2) is 8.37. The number of nitrogens with zero attached hydrogens (tertiary/aromatic N) is 3. The molecule has 23 heavy (non-hydrogen) atoms. The van der Waals surface area contributed by atoms with Crippen LogP contribution in [0.3, 0.4) is 0 Å². The number of oxazole rings is 1. The molecule has 2 rings (SSSR count). The van der Waals surface area contributed by atoms with E-state index in [1.165, 1.54) is 25.7 Å². The molecule has 0 aliphatic heterocycles. The maximum Gasteiger partial charge on any atom is 0.216 e. The minimum absolute atomic E-state index is 0.489. The van der Waals surface area contributed by atoms with Crippen LogP contribution >= 0.6 is 0 Å². The third kappa shape index (κ3) is 5.26. The first-order valence-corrected chi connectivity index (χ1v) is 8.92. The van der Waals surface area contributed by atoms with E-state index < -0.39 is 0 Å². The number of aliphatic imine (C=N–C) groups is 1. The van der Waals surface area contributed by atoms with Gasteiger partial charge in [0, 0.05) is 20.1 Å². The second-order valence-corrected chi connectivity index (χ2v) is 6.93. The highest BCUT2D eigenvalue weighted by atomic mass is 16.4. The maximum absolute atomic E-state index is 5.62. The lowest BCUT2D eigenvalue weighted by Gasteiger charge is -2.31. The molecule has 0 atom stereocenters. The van der Waals surface area contributed by atoms with Gasteiger partial charge in [-0.25, -0.2) is 9.98 Å². The average molecular weight is 320 g/mol. The van der Waals surface area contributed by atoms with E-state index in [9.17, 15) is 0 Å². The van der Waals surface area contributed by atoms with Crippen LogP contribution in [0.1, 0.15) is 56.9 Å². The van der Waals surface area contributed by atoms with Crippen molar-refractivity contribution in [1.82, 2.24) is 15.2 Å². The highest BCUT2D eigenvalue weighted by Crippen LogP contribution is 2.28. The Kier molecular flexibility index (Phi) is 6.48. The molecule has 5 nitrogen and oxygen atoms in total. The number of aromatic nitrogens is 1. The van der Waals surface area contributed by atoms with Gasteiger partial charge in [0.25, 0.3) is 0 Å². The molecule has 1 aliphatic carbocycles. The molecule has 0 amide bonds. The first kappa shape index (κ1) is 17.8. The zero-order valence-corrected chi connectivity index (χ0v) is 15.4. The Hall–Kier alpha value is -1.52. The Morgan fingerprint density at radius 1 is 1.30 bits per heavy atom. The molecule has 1 heterocycles. The summed E-state index contributed by atoms with van der Waals surface area (Å²) >= 11 is 0.